The van der Waals surface area contributed by atoms with Gasteiger partial charge in [-0.25, -0.2) is 9.97 Å². The SMILES string of the molecule is CCNc1cc(OCC2CCCCCC2)ncn1. The van der Waals surface area contributed by atoms with Crippen LogP contribution in [-0.4, -0.2) is 23.1 Å². The summed E-state index contributed by atoms with van der Waals surface area (Å²) in [7, 11) is 0. The predicted molar refractivity (Wildman–Crippen MR) is 72.9 cm³/mol. The van der Waals surface area contributed by atoms with Gasteiger partial charge in [0.15, 0.2) is 0 Å². The molecular formula is C14H23N3O. The number of nitrogens with one attached hydrogen (secondary N) is 1. The van der Waals surface area contributed by atoms with Crippen molar-refractivity contribution in [3.05, 3.63) is 12.4 Å². The van der Waals surface area contributed by atoms with Crippen molar-refractivity contribution in [3.8, 4) is 5.88 Å². The molecule has 4 nitrogen and oxygen atoms in total. The lowest BCUT2D eigenvalue weighted by atomic mass is 10.0. The molecule has 1 N–H and O–H groups in total. The third kappa shape index (κ3) is 4.17. The lowest BCUT2D eigenvalue weighted by molar-refractivity contribution is 0.226. The fourth-order valence-electron chi connectivity index (χ4n) is 2.43. The van der Waals surface area contributed by atoms with Crippen molar-refractivity contribution in [2.45, 2.75) is 45.4 Å². The van der Waals surface area contributed by atoms with Crippen LogP contribution in [0.3, 0.4) is 0 Å². The molecule has 1 aromatic rings. The highest BCUT2D eigenvalue weighted by Crippen LogP contribution is 2.23. The molecule has 100 valence electrons. The van der Waals surface area contributed by atoms with Crippen molar-refractivity contribution in [3.63, 3.8) is 0 Å². The Hall–Kier alpha value is -1.32. The molecule has 1 heterocycles. The van der Waals surface area contributed by atoms with Crippen LogP contribution in [0.4, 0.5) is 5.82 Å². The van der Waals surface area contributed by atoms with E-state index in [1.165, 1.54) is 38.5 Å². The molecule has 0 unspecified atom stereocenters. The zero-order valence-corrected chi connectivity index (χ0v) is 11.2. The molecule has 1 saturated carbocycles. The normalized spacial score (nSPS) is 17.2. The lowest BCUT2D eigenvalue weighted by Gasteiger charge is -2.14. The van der Waals surface area contributed by atoms with Crippen molar-refractivity contribution >= 4 is 5.82 Å². The van der Waals surface area contributed by atoms with Crippen LogP contribution in [-0.2, 0) is 0 Å². The second-order valence-corrected chi connectivity index (χ2v) is 4.94. The van der Waals surface area contributed by atoms with Crippen LogP contribution in [0.25, 0.3) is 0 Å². The van der Waals surface area contributed by atoms with Gasteiger partial charge in [0, 0.05) is 12.6 Å². The Labute approximate surface area is 109 Å². The van der Waals surface area contributed by atoms with Crippen molar-refractivity contribution in [1.29, 1.82) is 0 Å². The standard InChI is InChI=1S/C14H23N3O/c1-2-15-13-9-14(17-11-16-13)18-10-12-7-5-3-4-6-8-12/h9,11-12H,2-8,10H2,1H3,(H,15,16,17). The van der Waals surface area contributed by atoms with E-state index in [0.717, 1.165) is 19.0 Å². The van der Waals surface area contributed by atoms with E-state index in [9.17, 15) is 0 Å². The van der Waals surface area contributed by atoms with Crippen LogP contribution in [0.2, 0.25) is 0 Å². The molecule has 0 saturated heterocycles. The van der Waals surface area contributed by atoms with Gasteiger partial charge in [0.2, 0.25) is 5.88 Å². The zero-order valence-electron chi connectivity index (χ0n) is 11.2. The highest BCUT2D eigenvalue weighted by Gasteiger charge is 2.13. The first-order valence-electron chi connectivity index (χ1n) is 7.07. The fraction of sp³-hybridized carbons (Fsp3) is 0.714. The molecule has 1 fully saturated rings. The Bertz CT molecular complexity index is 349. The zero-order chi connectivity index (χ0) is 12.6. The van der Waals surface area contributed by atoms with E-state index in [1.54, 1.807) is 6.33 Å². The van der Waals surface area contributed by atoms with Crippen LogP contribution >= 0.6 is 0 Å². The topological polar surface area (TPSA) is 47.0 Å². The molecule has 4 heteroatoms. The summed E-state index contributed by atoms with van der Waals surface area (Å²) >= 11 is 0. The van der Waals surface area contributed by atoms with Gasteiger partial charge >= 0.3 is 0 Å². The average Bonchev–Trinajstić information content (AvgIpc) is 2.66. The first-order valence-corrected chi connectivity index (χ1v) is 7.07. The van der Waals surface area contributed by atoms with E-state index in [2.05, 4.69) is 15.3 Å². The molecule has 0 spiro atoms. The van der Waals surface area contributed by atoms with Crippen molar-refractivity contribution in [2.24, 2.45) is 5.92 Å². The van der Waals surface area contributed by atoms with Gasteiger partial charge in [0.05, 0.1) is 6.61 Å². The number of hydrogen-bond donors (Lipinski definition) is 1. The molecule has 0 aromatic carbocycles. The third-order valence-corrected chi connectivity index (χ3v) is 3.44. The predicted octanol–water partition coefficient (Wildman–Crippen LogP) is 3.26. The van der Waals surface area contributed by atoms with E-state index in [1.807, 2.05) is 13.0 Å². The summed E-state index contributed by atoms with van der Waals surface area (Å²) in [6.45, 7) is 3.70. The van der Waals surface area contributed by atoms with Gasteiger partial charge in [0.1, 0.15) is 12.1 Å². The van der Waals surface area contributed by atoms with E-state index in [-0.39, 0.29) is 0 Å². The highest BCUT2D eigenvalue weighted by molar-refractivity contribution is 5.36. The summed E-state index contributed by atoms with van der Waals surface area (Å²) in [5.74, 6) is 2.22. The maximum absolute atomic E-state index is 5.80. The summed E-state index contributed by atoms with van der Waals surface area (Å²) in [5, 5.41) is 3.16. The summed E-state index contributed by atoms with van der Waals surface area (Å²) < 4.78 is 5.80. The summed E-state index contributed by atoms with van der Waals surface area (Å²) in [5.41, 5.74) is 0. The van der Waals surface area contributed by atoms with Gasteiger partial charge in [-0.05, 0) is 25.7 Å². The second kappa shape index (κ2) is 7.19. The quantitative estimate of drug-likeness (QED) is 0.814. The summed E-state index contributed by atoms with van der Waals surface area (Å²) in [6, 6.07) is 1.88. The maximum Gasteiger partial charge on any atom is 0.218 e. The number of aromatic nitrogens is 2. The number of rotatable bonds is 5. The second-order valence-electron chi connectivity index (χ2n) is 4.94. The largest absolute Gasteiger partial charge is 0.477 e. The molecule has 1 aromatic heterocycles. The molecule has 0 atom stereocenters. The Morgan fingerprint density at radius 2 is 2.00 bits per heavy atom. The molecule has 0 bridgehead atoms. The maximum atomic E-state index is 5.80. The highest BCUT2D eigenvalue weighted by atomic mass is 16.5. The molecule has 2 rings (SSSR count). The molecule has 1 aliphatic carbocycles. The van der Waals surface area contributed by atoms with E-state index in [4.69, 9.17) is 4.74 Å². The van der Waals surface area contributed by atoms with Gasteiger partial charge in [-0.1, -0.05) is 25.7 Å². The first kappa shape index (κ1) is 13.1. The third-order valence-electron chi connectivity index (χ3n) is 3.44. The molecular weight excluding hydrogens is 226 g/mol. The minimum atomic E-state index is 0.685. The van der Waals surface area contributed by atoms with Crippen LogP contribution in [0.1, 0.15) is 45.4 Å². The molecule has 1 aliphatic rings. The molecule has 18 heavy (non-hydrogen) atoms. The Kier molecular flexibility index (Phi) is 5.24. The van der Waals surface area contributed by atoms with Gasteiger partial charge in [-0.15, -0.1) is 0 Å². The number of nitrogens with zero attached hydrogens (tertiary/aromatic N) is 2. The van der Waals surface area contributed by atoms with Gasteiger partial charge < -0.3 is 10.1 Å². The summed E-state index contributed by atoms with van der Waals surface area (Å²) in [4.78, 5) is 8.29. The van der Waals surface area contributed by atoms with Crippen LogP contribution in [0.5, 0.6) is 5.88 Å². The van der Waals surface area contributed by atoms with Crippen molar-refractivity contribution in [2.75, 3.05) is 18.5 Å². The van der Waals surface area contributed by atoms with Crippen LogP contribution in [0.15, 0.2) is 12.4 Å². The van der Waals surface area contributed by atoms with Gasteiger partial charge in [0.25, 0.3) is 0 Å². The Morgan fingerprint density at radius 1 is 1.22 bits per heavy atom. The van der Waals surface area contributed by atoms with Gasteiger partial charge in [-0.2, -0.15) is 0 Å². The van der Waals surface area contributed by atoms with E-state index >= 15 is 0 Å². The van der Waals surface area contributed by atoms with E-state index in [0.29, 0.717) is 11.8 Å². The number of ether oxygens (including phenoxy) is 1. The van der Waals surface area contributed by atoms with Crippen molar-refractivity contribution < 1.29 is 4.74 Å². The number of anilines is 1. The first-order chi connectivity index (χ1) is 8.88. The molecule has 0 radical (unpaired) electrons. The Balaban J connectivity index is 1.83. The lowest BCUT2D eigenvalue weighted by Crippen LogP contribution is -2.12. The van der Waals surface area contributed by atoms with E-state index < -0.39 is 0 Å². The fourth-order valence-corrected chi connectivity index (χ4v) is 2.43. The minimum absolute atomic E-state index is 0.685. The van der Waals surface area contributed by atoms with Gasteiger partial charge in [-0.3, -0.25) is 0 Å². The Morgan fingerprint density at radius 3 is 2.72 bits per heavy atom. The minimum Gasteiger partial charge on any atom is -0.477 e. The summed E-state index contributed by atoms with van der Waals surface area (Å²) in [6.07, 6.45) is 9.61. The van der Waals surface area contributed by atoms with Crippen molar-refractivity contribution in [1.82, 2.24) is 9.97 Å². The molecule has 0 aliphatic heterocycles. The van der Waals surface area contributed by atoms with Crippen LogP contribution < -0.4 is 10.1 Å². The van der Waals surface area contributed by atoms with Crippen LogP contribution in [0, 0.1) is 5.92 Å². The molecule has 0 amide bonds. The smallest absolute Gasteiger partial charge is 0.218 e. The number of hydrogen-bond acceptors (Lipinski definition) is 4. The average molecular weight is 249 g/mol. The monoisotopic (exact) mass is 249 g/mol.